The Morgan fingerprint density at radius 2 is 2.25 bits per heavy atom. The molecule has 0 bridgehead atoms. The molecule has 0 aliphatic heterocycles. The lowest BCUT2D eigenvalue weighted by Crippen LogP contribution is -2.22. The summed E-state index contributed by atoms with van der Waals surface area (Å²) in [4.78, 5) is 12.3. The third kappa shape index (κ3) is 3.21. The van der Waals surface area contributed by atoms with Gasteiger partial charge in [-0.15, -0.1) is 0 Å². The van der Waals surface area contributed by atoms with Gasteiger partial charge in [-0.2, -0.15) is 5.10 Å². The first-order chi connectivity index (χ1) is 7.41. The number of hydrogen-bond donors (Lipinski definition) is 1. The van der Waals surface area contributed by atoms with E-state index >= 15 is 0 Å². The van der Waals surface area contributed by atoms with Crippen LogP contribution in [0.2, 0.25) is 5.02 Å². The number of carbonyl (C=O) groups is 1. The molecule has 0 aliphatic rings. The van der Waals surface area contributed by atoms with Crippen LogP contribution >= 0.6 is 11.6 Å². The Hall–Kier alpha value is -1.07. The molecular weight excluding hydrogens is 230 g/mol. The molecule has 0 saturated carbocycles. The minimum Gasteiger partial charge on any atom is -0.481 e. The van der Waals surface area contributed by atoms with E-state index in [9.17, 15) is 4.79 Å². The van der Waals surface area contributed by atoms with Crippen molar-refractivity contribution in [1.29, 1.82) is 0 Å². The average Bonchev–Trinajstić information content (AvgIpc) is 2.42. The Morgan fingerprint density at radius 1 is 1.62 bits per heavy atom. The van der Waals surface area contributed by atoms with Crippen molar-refractivity contribution in [1.82, 2.24) is 14.7 Å². The number of carboxylic acids is 1. The van der Waals surface area contributed by atoms with Crippen molar-refractivity contribution in [3.8, 4) is 0 Å². The number of halogens is 1. The largest absolute Gasteiger partial charge is 0.481 e. The molecule has 0 unspecified atom stereocenters. The van der Waals surface area contributed by atoms with Crippen LogP contribution in [-0.2, 0) is 18.4 Å². The summed E-state index contributed by atoms with van der Waals surface area (Å²) >= 11 is 6.09. The van der Waals surface area contributed by atoms with Gasteiger partial charge < -0.3 is 5.11 Å². The second kappa shape index (κ2) is 5.32. The first kappa shape index (κ1) is 13.0. The number of aliphatic carboxylic acids is 1. The number of rotatable bonds is 5. The van der Waals surface area contributed by atoms with Crippen molar-refractivity contribution in [3.63, 3.8) is 0 Å². The molecule has 1 aromatic rings. The van der Waals surface area contributed by atoms with Crippen LogP contribution in [0.1, 0.15) is 17.8 Å². The molecular formula is C10H16ClN3O2. The van der Waals surface area contributed by atoms with Crippen LogP contribution in [0.3, 0.4) is 0 Å². The summed E-state index contributed by atoms with van der Waals surface area (Å²) < 4.78 is 1.73. The monoisotopic (exact) mass is 245 g/mol. The van der Waals surface area contributed by atoms with Crippen LogP contribution < -0.4 is 0 Å². The summed E-state index contributed by atoms with van der Waals surface area (Å²) in [6.45, 7) is 2.95. The van der Waals surface area contributed by atoms with Crippen molar-refractivity contribution in [3.05, 3.63) is 16.4 Å². The molecule has 0 atom stereocenters. The lowest BCUT2D eigenvalue weighted by atomic mass is 10.3. The van der Waals surface area contributed by atoms with E-state index in [1.54, 1.807) is 4.68 Å². The van der Waals surface area contributed by atoms with Gasteiger partial charge in [-0.05, 0) is 14.0 Å². The maximum Gasteiger partial charge on any atom is 0.304 e. The van der Waals surface area contributed by atoms with Crippen LogP contribution in [-0.4, -0.2) is 39.3 Å². The fourth-order valence-electron chi connectivity index (χ4n) is 1.47. The van der Waals surface area contributed by atoms with Gasteiger partial charge in [0, 0.05) is 20.1 Å². The summed E-state index contributed by atoms with van der Waals surface area (Å²) in [7, 11) is 3.70. The van der Waals surface area contributed by atoms with Gasteiger partial charge >= 0.3 is 5.97 Å². The van der Waals surface area contributed by atoms with Gasteiger partial charge in [0.1, 0.15) is 0 Å². The second-order valence-corrected chi connectivity index (χ2v) is 4.23. The topological polar surface area (TPSA) is 58.4 Å². The minimum absolute atomic E-state index is 0.130. The summed E-state index contributed by atoms with van der Waals surface area (Å²) in [6.07, 6.45) is 0.130. The van der Waals surface area contributed by atoms with E-state index in [1.165, 1.54) is 0 Å². The number of aryl methyl sites for hydroxylation is 2. The van der Waals surface area contributed by atoms with E-state index in [0.29, 0.717) is 18.1 Å². The van der Waals surface area contributed by atoms with E-state index in [4.69, 9.17) is 16.7 Å². The Bertz CT molecular complexity index is 390. The summed E-state index contributed by atoms with van der Waals surface area (Å²) in [6, 6.07) is 0. The lowest BCUT2D eigenvalue weighted by Gasteiger charge is -2.15. The molecule has 6 heteroatoms. The SMILES string of the molecule is Cc1nn(C)c(CN(C)CCC(=O)O)c1Cl. The maximum atomic E-state index is 10.4. The molecule has 16 heavy (non-hydrogen) atoms. The first-order valence-corrected chi connectivity index (χ1v) is 5.38. The standard InChI is InChI=1S/C10H16ClN3O2/c1-7-10(11)8(14(3)12-7)6-13(2)5-4-9(15)16/h4-6H2,1-3H3,(H,15,16). The highest BCUT2D eigenvalue weighted by Crippen LogP contribution is 2.20. The van der Waals surface area contributed by atoms with Crippen molar-refractivity contribution < 1.29 is 9.90 Å². The molecule has 0 radical (unpaired) electrons. The van der Waals surface area contributed by atoms with E-state index < -0.39 is 5.97 Å². The predicted octanol–water partition coefficient (Wildman–Crippen LogP) is 1.29. The summed E-state index contributed by atoms with van der Waals surface area (Å²) in [5, 5.41) is 13.4. The van der Waals surface area contributed by atoms with Gasteiger partial charge in [0.05, 0.1) is 22.8 Å². The first-order valence-electron chi connectivity index (χ1n) is 5.00. The lowest BCUT2D eigenvalue weighted by molar-refractivity contribution is -0.137. The minimum atomic E-state index is -0.792. The zero-order chi connectivity index (χ0) is 12.3. The zero-order valence-electron chi connectivity index (χ0n) is 9.70. The van der Waals surface area contributed by atoms with Gasteiger partial charge in [-0.1, -0.05) is 11.6 Å². The molecule has 0 amide bonds. The molecule has 0 spiro atoms. The quantitative estimate of drug-likeness (QED) is 0.849. The van der Waals surface area contributed by atoms with Gasteiger partial charge in [-0.3, -0.25) is 14.4 Å². The van der Waals surface area contributed by atoms with Gasteiger partial charge in [0.25, 0.3) is 0 Å². The normalized spacial score (nSPS) is 11.1. The highest BCUT2D eigenvalue weighted by Gasteiger charge is 2.13. The van der Waals surface area contributed by atoms with E-state index in [2.05, 4.69) is 5.10 Å². The highest BCUT2D eigenvalue weighted by molar-refractivity contribution is 6.31. The van der Waals surface area contributed by atoms with Crippen molar-refractivity contribution in [2.75, 3.05) is 13.6 Å². The van der Waals surface area contributed by atoms with Crippen LogP contribution in [0.5, 0.6) is 0 Å². The van der Waals surface area contributed by atoms with Crippen LogP contribution in [0, 0.1) is 6.92 Å². The smallest absolute Gasteiger partial charge is 0.304 e. The summed E-state index contributed by atoms with van der Waals surface area (Å²) in [5.41, 5.74) is 1.71. The second-order valence-electron chi connectivity index (χ2n) is 3.85. The molecule has 90 valence electrons. The molecule has 1 aromatic heterocycles. The van der Waals surface area contributed by atoms with E-state index in [-0.39, 0.29) is 6.42 Å². The van der Waals surface area contributed by atoms with E-state index in [0.717, 1.165) is 11.4 Å². The third-order valence-corrected chi connectivity index (χ3v) is 2.88. The summed E-state index contributed by atoms with van der Waals surface area (Å²) in [5.74, 6) is -0.792. The number of carboxylic acid groups (broad SMARTS) is 1. The zero-order valence-corrected chi connectivity index (χ0v) is 10.5. The molecule has 0 aromatic carbocycles. The Balaban J connectivity index is 2.62. The van der Waals surface area contributed by atoms with Crippen molar-refractivity contribution in [2.45, 2.75) is 19.9 Å². The Morgan fingerprint density at radius 3 is 2.69 bits per heavy atom. The maximum absolute atomic E-state index is 10.4. The van der Waals surface area contributed by atoms with Crippen LogP contribution in [0.25, 0.3) is 0 Å². The fraction of sp³-hybridized carbons (Fsp3) is 0.600. The Labute approximate surface area is 99.6 Å². The highest BCUT2D eigenvalue weighted by atomic mass is 35.5. The number of aromatic nitrogens is 2. The number of nitrogens with zero attached hydrogens (tertiary/aromatic N) is 3. The third-order valence-electron chi connectivity index (χ3n) is 2.39. The average molecular weight is 246 g/mol. The van der Waals surface area contributed by atoms with Crippen LogP contribution in [0.15, 0.2) is 0 Å². The van der Waals surface area contributed by atoms with Crippen LogP contribution in [0.4, 0.5) is 0 Å². The molecule has 1 N–H and O–H groups in total. The predicted molar refractivity (Wildman–Crippen MR) is 61.5 cm³/mol. The molecule has 5 nitrogen and oxygen atoms in total. The fourth-order valence-corrected chi connectivity index (χ4v) is 1.69. The Kier molecular flexibility index (Phi) is 4.32. The van der Waals surface area contributed by atoms with Gasteiger partial charge in [-0.25, -0.2) is 0 Å². The van der Waals surface area contributed by atoms with Gasteiger partial charge in [0.2, 0.25) is 0 Å². The van der Waals surface area contributed by atoms with Crippen molar-refractivity contribution >= 4 is 17.6 Å². The molecule has 1 rings (SSSR count). The number of hydrogen-bond acceptors (Lipinski definition) is 3. The van der Waals surface area contributed by atoms with Gasteiger partial charge in [0.15, 0.2) is 0 Å². The molecule has 1 heterocycles. The molecule has 0 aliphatic carbocycles. The van der Waals surface area contributed by atoms with Crippen molar-refractivity contribution in [2.24, 2.45) is 7.05 Å². The molecule has 0 fully saturated rings. The van der Waals surface area contributed by atoms with E-state index in [1.807, 2.05) is 25.9 Å². The molecule has 0 saturated heterocycles.